The third-order valence-electron chi connectivity index (χ3n) is 3.54. The number of benzene rings is 2. The summed E-state index contributed by atoms with van der Waals surface area (Å²) in [7, 11) is 0. The molecule has 2 aromatic rings. The van der Waals surface area contributed by atoms with Crippen LogP contribution in [0.4, 0.5) is 14.9 Å². The van der Waals surface area contributed by atoms with Crippen molar-refractivity contribution in [2.45, 2.75) is 13.0 Å². The first-order chi connectivity index (χ1) is 13.4. The Kier molecular flexibility index (Phi) is 7.77. The third kappa shape index (κ3) is 7.32. The average molecular weight is 388 g/mol. The molecule has 0 fully saturated rings. The number of carbonyl (C=O) groups excluding carboxylic acids is 3. The van der Waals surface area contributed by atoms with E-state index in [4.69, 9.17) is 10.5 Å². The van der Waals surface area contributed by atoms with Crippen LogP contribution in [0.1, 0.15) is 12.0 Å². The van der Waals surface area contributed by atoms with Gasteiger partial charge in [0, 0.05) is 6.54 Å². The molecule has 148 valence electrons. The SMILES string of the molecule is NC(=O)CCOc1ccccc1NC(=O)CNC(=O)NCc1ccc(F)cc1. The van der Waals surface area contributed by atoms with Crippen molar-refractivity contribution in [2.24, 2.45) is 5.73 Å². The van der Waals surface area contributed by atoms with Gasteiger partial charge in [0.1, 0.15) is 11.6 Å². The molecule has 5 N–H and O–H groups in total. The lowest BCUT2D eigenvalue weighted by Gasteiger charge is -2.12. The number of ether oxygens (including phenoxy) is 1. The molecular weight excluding hydrogens is 367 g/mol. The molecule has 0 bridgehead atoms. The number of para-hydroxylation sites is 2. The molecule has 0 saturated heterocycles. The molecule has 4 amide bonds. The van der Waals surface area contributed by atoms with E-state index in [2.05, 4.69) is 16.0 Å². The summed E-state index contributed by atoms with van der Waals surface area (Å²) in [4.78, 5) is 34.6. The van der Waals surface area contributed by atoms with Gasteiger partial charge in [-0.15, -0.1) is 0 Å². The van der Waals surface area contributed by atoms with E-state index in [-0.39, 0.29) is 31.9 Å². The van der Waals surface area contributed by atoms with E-state index in [0.717, 1.165) is 5.56 Å². The van der Waals surface area contributed by atoms with Crippen LogP contribution in [0, 0.1) is 5.82 Å². The van der Waals surface area contributed by atoms with Crippen molar-refractivity contribution in [1.82, 2.24) is 10.6 Å². The molecular formula is C19H21FN4O4. The Labute approximate surface area is 161 Å². The fourth-order valence-electron chi connectivity index (χ4n) is 2.16. The van der Waals surface area contributed by atoms with E-state index in [1.807, 2.05) is 0 Å². The van der Waals surface area contributed by atoms with Gasteiger partial charge in [0.05, 0.1) is 25.3 Å². The first-order valence-corrected chi connectivity index (χ1v) is 8.50. The number of nitrogens with two attached hydrogens (primary N) is 1. The summed E-state index contributed by atoms with van der Waals surface area (Å²) in [5.41, 5.74) is 6.19. The fourth-order valence-corrected chi connectivity index (χ4v) is 2.16. The standard InChI is InChI=1S/C19H21FN4O4/c20-14-7-5-13(6-8-14)11-22-19(27)23-12-18(26)24-15-3-1-2-4-16(15)28-10-9-17(21)25/h1-8H,9-12H2,(H2,21,25)(H,24,26)(H2,22,23,27). The predicted octanol–water partition coefficient (Wildman–Crippen LogP) is 1.52. The van der Waals surface area contributed by atoms with Crippen LogP contribution in [0.5, 0.6) is 5.75 Å². The number of nitrogens with one attached hydrogen (secondary N) is 3. The Morgan fingerprint density at radius 1 is 1.00 bits per heavy atom. The zero-order chi connectivity index (χ0) is 20.4. The van der Waals surface area contributed by atoms with Gasteiger partial charge in [-0.05, 0) is 29.8 Å². The van der Waals surface area contributed by atoms with Crippen LogP contribution in [0.15, 0.2) is 48.5 Å². The van der Waals surface area contributed by atoms with E-state index in [0.29, 0.717) is 11.4 Å². The van der Waals surface area contributed by atoms with Crippen LogP contribution < -0.4 is 26.4 Å². The van der Waals surface area contributed by atoms with Crippen molar-refractivity contribution in [3.8, 4) is 5.75 Å². The highest BCUT2D eigenvalue weighted by Gasteiger charge is 2.09. The minimum Gasteiger partial charge on any atom is -0.491 e. The van der Waals surface area contributed by atoms with Gasteiger partial charge in [-0.2, -0.15) is 0 Å². The van der Waals surface area contributed by atoms with Crippen molar-refractivity contribution in [1.29, 1.82) is 0 Å². The predicted molar refractivity (Wildman–Crippen MR) is 101 cm³/mol. The monoisotopic (exact) mass is 388 g/mol. The van der Waals surface area contributed by atoms with Crippen LogP contribution in [0.2, 0.25) is 0 Å². The van der Waals surface area contributed by atoms with Crippen LogP contribution in [-0.4, -0.2) is 31.0 Å². The van der Waals surface area contributed by atoms with Gasteiger partial charge in [-0.25, -0.2) is 9.18 Å². The summed E-state index contributed by atoms with van der Waals surface area (Å²) in [6, 6.07) is 11.9. The molecule has 8 nitrogen and oxygen atoms in total. The van der Waals surface area contributed by atoms with Crippen LogP contribution >= 0.6 is 0 Å². The van der Waals surface area contributed by atoms with Crippen molar-refractivity contribution in [2.75, 3.05) is 18.5 Å². The minimum atomic E-state index is -0.537. The van der Waals surface area contributed by atoms with E-state index in [1.54, 1.807) is 36.4 Å². The number of rotatable bonds is 9. The lowest BCUT2D eigenvalue weighted by molar-refractivity contribution is -0.118. The summed E-state index contributed by atoms with van der Waals surface area (Å²) >= 11 is 0. The van der Waals surface area contributed by atoms with E-state index in [9.17, 15) is 18.8 Å². The second kappa shape index (κ2) is 10.5. The molecule has 2 rings (SSSR count). The number of amides is 4. The van der Waals surface area contributed by atoms with E-state index < -0.39 is 17.8 Å². The molecule has 0 aliphatic carbocycles. The maximum Gasteiger partial charge on any atom is 0.315 e. The smallest absolute Gasteiger partial charge is 0.315 e. The van der Waals surface area contributed by atoms with Gasteiger partial charge < -0.3 is 26.4 Å². The molecule has 0 aromatic heterocycles. The lowest BCUT2D eigenvalue weighted by atomic mass is 10.2. The van der Waals surface area contributed by atoms with Crippen molar-refractivity contribution in [3.05, 3.63) is 59.9 Å². The quantitative estimate of drug-likeness (QED) is 0.520. The molecule has 0 spiro atoms. The second-order valence-electron chi connectivity index (χ2n) is 5.77. The van der Waals surface area contributed by atoms with E-state index >= 15 is 0 Å². The maximum atomic E-state index is 12.8. The van der Waals surface area contributed by atoms with Crippen molar-refractivity contribution < 1.29 is 23.5 Å². The Hall–Kier alpha value is -3.62. The van der Waals surface area contributed by atoms with Crippen LogP contribution in [-0.2, 0) is 16.1 Å². The largest absolute Gasteiger partial charge is 0.491 e. The van der Waals surface area contributed by atoms with Gasteiger partial charge in [0.25, 0.3) is 0 Å². The number of halogens is 1. The Morgan fingerprint density at radius 3 is 2.43 bits per heavy atom. The van der Waals surface area contributed by atoms with Crippen LogP contribution in [0.3, 0.4) is 0 Å². The zero-order valence-electron chi connectivity index (χ0n) is 15.0. The van der Waals surface area contributed by atoms with Gasteiger partial charge in [0.2, 0.25) is 11.8 Å². The zero-order valence-corrected chi connectivity index (χ0v) is 15.0. The van der Waals surface area contributed by atoms with Gasteiger partial charge >= 0.3 is 6.03 Å². The highest BCUT2D eigenvalue weighted by Crippen LogP contribution is 2.23. The highest BCUT2D eigenvalue weighted by molar-refractivity contribution is 5.95. The number of hydrogen-bond acceptors (Lipinski definition) is 4. The van der Waals surface area contributed by atoms with Gasteiger partial charge in [0.15, 0.2) is 0 Å². The van der Waals surface area contributed by atoms with Gasteiger partial charge in [-0.3, -0.25) is 9.59 Å². The molecule has 0 atom stereocenters. The first kappa shape index (κ1) is 20.7. The molecule has 0 unspecified atom stereocenters. The summed E-state index contributed by atoms with van der Waals surface area (Å²) in [5.74, 6) is -0.915. The average Bonchev–Trinajstić information content (AvgIpc) is 2.67. The number of anilines is 1. The normalized spacial score (nSPS) is 10.0. The van der Waals surface area contributed by atoms with Crippen molar-refractivity contribution >= 4 is 23.5 Å². The number of urea groups is 1. The minimum absolute atomic E-state index is 0.0536. The summed E-state index contributed by atoms with van der Waals surface area (Å²) in [5, 5.41) is 7.61. The van der Waals surface area contributed by atoms with Crippen LogP contribution in [0.25, 0.3) is 0 Å². The van der Waals surface area contributed by atoms with Gasteiger partial charge in [-0.1, -0.05) is 24.3 Å². The summed E-state index contributed by atoms with van der Waals surface area (Å²) in [6.45, 7) is 0.0292. The molecule has 0 radical (unpaired) electrons. The molecule has 2 aromatic carbocycles. The number of primary amides is 1. The summed E-state index contributed by atoms with van der Waals surface area (Å²) in [6.07, 6.45) is 0.0536. The number of hydrogen-bond donors (Lipinski definition) is 4. The highest BCUT2D eigenvalue weighted by atomic mass is 19.1. The molecule has 0 saturated carbocycles. The molecule has 28 heavy (non-hydrogen) atoms. The second-order valence-corrected chi connectivity index (χ2v) is 5.77. The topological polar surface area (TPSA) is 123 Å². The molecule has 0 heterocycles. The summed E-state index contributed by atoms with van der Waals surface area (Å²) < 4.78 is 18.3. The number of carbonyl (C=O) groups is 3. The maximum absolute atomic E-state index is 12.8. The Morgan fingerprint density at radius 2 is 1.71 bits per heavy atom. The first-order valence-electron chi connectivity index (χ1n) is 8.50. The van der Waals surface area contributed by atoms with E-state index in [1.165, 1.54) is 12.1 Å². The fraction of sp³-hybridized carbons (Fsp3) is 0.211. The van der Waals surface area contributed by atoms with Crippen molar-refractivity contribution in [3.63, 3.8) is 0 Å². The molecule has 0 aliphatic rings. The Bertz CT molecular complexity index is 827. The Balaban J connectivity index is 1.76. The third-order valence-corrected chi connectivity index (χ3v) is 3.54. The molecule has 0 aliphatic heterocycles. The lowest BCUT2D eigenvalue weighted by Crippen LogP contribution is -2.39. The molecule has 9 heteroatoms.